The van der Waals surface area contributed by atoms with Crippen molar-refractivity contribution in [1.82, 2.24) is 9.62 Å². The fourth-order valence-electron chi connectivity index (χ4n) is 3.57. The molecule has 0 aliphatic carbocycles. The lowest BCUT2D eigenvalue weighted by atomic mass is 9.97. The van der Waals surface area contributed by atoms with Gasteiger partial charge in [-0.2, -0.15) is 4.31 Å². The number of nitrogens with one attached hydrogen (secondary N) is 1. The number of hydrogen-bond acceptors (Lipinski definition) is 4. The highest BCUT2D eigenvalue weighted by Crippen LogP contribution is 2.23. The van der Waals surface area contributed by atoms with Crippen molar-refractivity contribution in [3.05, 3.63) is 64.7 Å². The van der Waals surface area contributed by atoms with Crippen LogP contribution < -0.4 is 5.32 Å². The van der Waals surface area contributed by atoms with E-state index in [0.29, 0.717) is 31.9 Å². The Kier molecular flexibility index (Phi) is 6.72. The summed E-state index contributed by atoms with van der Waals surface area (Å²) in [4.78, 5) is 12.9. The van der Waals surface area contributed by atoms with Crippen LogP contribution in [0.4, 0.5) is 0 Å². The molecule has 7 heteroatoms. The Morgan fingerprint density at radius 2 is 1.76 bits per heavy atom. The van der Waals surface area contributed by atoms with Gasteiger partial charge in [0, 0.05) is 18.7 Å². The molecule has 1 N–H and O–H groups in total. The highest BCUT2D eigenvalue weighted by atomic mass is 32.2. The van der Waals surface area contributed by atoms with Gasteiger partial charge < -0.3 is 10.1 Å². The number of carbonyl (C=O) groups excluding carboxylic acids is 1. The fraction of sp³-hybridized carbons (Fsp3) is 0.409. The molecule has 0 saturated carbocycles. The van der Waals surface area contributed by atoms with E-state index in [2.05, 4.69) is 17.4 Å². The molecule has 0 aromatic heterocycles. The Balaban J connectivity index is 1.74. The number of nitrogens with zero attached hydrogens (tertiary/aromatic N) is 1. The van der Waals surface area contributed by atoms with Crippen LogP contribution in [0.1, 0.15) is 46.4 Å². The maximum atomic E-state index is 12.7. The minimum atomic E-state index is -3.56. The molecule has 29 heavy (non-hydrogen) atoms. The fourth-order valence-corrected chi connectivity index (χ4v) is 4.98. The molecule has 6 nitrogen and oxygen atoms in total. The van der Waals surface area contributed by atoms with Crippen LogP contribution in [0.5, 0.6) is 0 Å². The van der Waals surface area contributed by atoms with E-state index in [9.17, 15) is 13.2 Å². The number of aryl methyl sites for hydroxylation is 2. The van der Waals surface area contributed by atoms with Crippen LogP contribution in [0.3, 0.4) is 0 Å². The first kappa shape index (κ1) is 21.5. The van der Waals surface area contributed by atoms with Crippen molar-refractivity contribution in [1.29, 1.82) is 0 Å². The number of morpholine rings is 1. The number of sulfonamides is 1. The molecule has 0 radical (unpaired) electrons. The van der Waals surface area contributed by atoms with E-state index in [0.717, 1.165) is 17.5 Å². The Labute approximate surface area is 172 Å². The molecule has 2 aromatic carbocycles. The molecule has 3 rings (SSSR count). The average molecular weight is 417 g/mol. The molecule has 0 spiro atoms. The lowest BCUT2D eigenvalue weighted by Gasteiger charge is -2.26. The van der Waals surface area contributed by atoms with Gasteiger partial charge in [0.1, 0.15) is 0 Å². The van der Waals surface area contributed by atoms with E-state index in [4.69, 9.17) is 4.74 Å². The molecular weight excluding hydrogens is 388 g/mol. The van der Waals surface area contributed by atoms with Gasteiger partial charge in [-0.25, -0.2) is 8.42 Å². The first-order chi connectivity index (χ1) is 13.8. The second-order valence-electron chi connectivity index (χ2n) is 7.34. The van der Waals surface area contributed by atoms with Gasteiger partial charge in [-0.05, 0) is 55.7 Å². The lowest BCUT2D eigenvalue weighted by Crippen LogP contribution is -2.40. The van der Waals surface area contributed by atoms with Gasteiger partial charge in [-0.15, -0.1) is 0 Å². The van der Waals surface area contributed by atoms with E-state index in [1.165, 1.54) is 22.0 Å². The van der Waals surface area contributed by atoms with Crippen LogP contribution in [0.15, 0.2) is 47.4 Å². The third kappa shape index (κ3) is 4.86. The monoisotopic (exact) mass is 416 g/mol. The molecule has 1 amide bonds. The zero-order chi connectivity index (χ0) is 21.0. The van der Waals surface area contributed by atoms with Crippen molar-refractivity contribution in [3.8, 4) is 0 Å². The van der Waals surface area contributed by atoms with E-state index < -0.39 is 10.0 Å². The SMILES string of the molecule is CCC(NC(=O)c1ccc(S(=O)(=O)N2CCOCC2)cc1)c1ccc(C)cc1C. The smallest absolute Gasteiger partial charge is 0.251 e. The van der Waals surface area contributed by atoms with Gasteiger partial charge in [-0.3, -0.25) is 4.79 Å². The van der Waals surface area contributed by atoms with E-state index in [-0.39, 0.29) is 16.8 Å². The summed E-state index contributed by atoms with van der Waals surface area (Å²) in [5.74, 6) is -0.216. The Morgan fingerprint density at radius 3 is 2.34 bits per heavy atom. The summed E-state index contributed by atoms with van der Waals surface area (Å²) in [5, 5.41) is 3.07. The van der Waals surface area contributed by atoms with Crippen LogP contribution in [-0.2, 0) is 14.8 Å². The van der Waals surface area contributed by atoms with Crippen molar-refractivity contribution in [2.24, 2.45) is 0 Å². The lowest BCUT2D eigenvalue weighted by molar-refractivity contribution is 0.0730. The highest BCUT2D eigenvalue weighted by molar-refractivity contribution is 7.89. The van der Waals surface area contributed by atoms with E-state index in [1.807, 2.05) is 26.8 Å². The minimum Gasteiger partial charge on any atom is -0.379 e. The summed E-state index contributed by atoms with van der Waals surface area (Å²) in [7, 11) is -3.56. The zero-order valence-electron chi connectivity index (χ0n) is 17.1. The summed E-state index contributed by atoms with van der Waals surface area (Å²) in [5.41, 5.74) is 3.86. The van der Waals surface area contributed by atoms with Gasteiger partial charge in [-0.1, -0.05) is 30.7 Å². The van der Waals surface area contributed by atoms with Crippen LogP contribution in [0.2, 0.25) is 0 Å². The molecule has 1 unspecified atom stereocenters. The first-order valence-corrected chi connectivity index (χ1v) is 11.3. The maximum Gasteiger partial charge on any atom is 0.251 e. The third-order valence-corrected chi connectivity index (χ3v) is 7.15. The maximum absolute atomic E-state index is 12.7. The molecular formula is C22H28N2O4S. The van der Waals surface area contributed by atoms with Crippen molar-refractivity contribution in [2.75, 3.05) is 26.3 Å². The summed E-state index contributed by atoms with van der Waals surface area (Å²) in [6.45, 7) is 7.61. The van der Waals surface area contributed by atoms with Crippen molar-refractivity contribution in [3.63, 3.8) is 0 Å². The molecule has 1 aliphatic rings. The van der Waals surface area contributed by atoms with Crippen LogP contribution in [0, 0.1) is 13.8 Å². The number of rotatable bonds is 6. The van der Waals surface area contributed by atoms with E-state index >= 15 is 0 Å². The van der Waals surface area contributed by atoms with Crippen LogP contribution in [0.25, 0.3) is 0 Å². The topological polar surface area (TPSA) is 75.7 Å². The van der Waals surface area contributed by atoms with Crippen molar-refractivity contribution >= 4 is 15.9 Å². The van der Waals surface area contributed by atoms with Gasteiger partial charge in [0.25, 0.3) is 5.91 Å². The van der Waals surface area contributed by atoms with Gasteiger partial charge in [0.15, 0.2) is 0 Å². The number of hydrogen-bond donors (Lipinski definition) is 1. The zero-order valence-corrected chi connectivity index (χ0v) is 18.0. The Morgan fingerprint density at radius 1 is 1.10 bits per heavy atom. The Bertz CT molecular complexity index is 965. The molecule has 1 saturated heterocycles. The predicted molar refractivity (Wildman–Crippen MR) is 112 cm³/mol. The standard InChI is InChI=1S/C22H28N2O4S/c1-4-21(20-10-5-16(2)15-17(20)3)23-22(25)18-6-8-19(9-7-18)29(26,27)24-11-13-28-14-12-24/h5-10,15,21H,4,11-14H2,1-3H3,(H,23,25). The molecule has 2 aromatic rings. The molecule has 1 atom stereocenters. The first-order valence-electron chi connectivity index (χ1n) is 9.89. The minimum absolute atomic E-state index is 0.0974. The van der Waals surface area contributed by atoms with Crippen molar-refractivity contribution in [2.45, 2.75) is 38.1 Å². The van der Waals surface area contributed by atoms with E-state index in [1.54, 1.807) is 12.1 Å². The Hall–Kier alpha value is -2.22. The number of ether oxygens (including phenoxy) is 1. The molecule has 156 valence electrons. The molecule has 0 bridgehead atoms. The highest BCUT2D eigenvalue weighted by Gasteiger charge is 2.26. The second kappa shape index (κ2) is 9.07. The van der Waals surface area contributed by atoms with Gasteiger partial charge >= 0.3 is 0 Å². The normalized spacial score (nSPS) is 16.4. The van der Waals surface area contributed by atoms with Crippen molar-refractivity contribution < 1.29 is 17.9 Å². The molecule has 1 aliphatic heterocycles. The third-order valence-electron chi connectivity index (χ3n) is 5.24. The number of amides is 1. The number of benzene rings is 2. The summed E-state index contributed by atoms with van der Waals surface area (Å²) >= 11 is 0. The second-order valence-corrected chi connectivity index (χ2v) is 9.27. The van der Waals surface area contributed by atoms with Gasteiger partial charge in [0.05, 0.1) is 24.2 Å². The van der Waals surface area contributed by atoms with Crippen LogP contribution in [-0.4, -0.2) is 44.9 Å². The summed E-state index contributed by atoms with van der Waals surface area (Å²) in [6.07, 6.45) is 0.763. The summed E-state index contributed by atoms with van der Waals surface area (Å²) in [6, 6.07) is 12.2. The quantitative estimate of drug-likeness (QED) is 0.785. The van der Waals surface area contributed by atoms with Gasteiger partial charge in [0.2, 0.25) is 10.0 Å². The van der Waals surface area contributed by atoms with Crippen LogP contribution >= 0.6 is 0 Å². The average Bonchev–Trinajstić information content (AvgIpc) is 2.73. The summed E-state index contributed by atoms with van der Waals surface area (Å²) < 4.78 is 32.1. The predicted octanol–water partition coefficient (Wildman–Crippen LogP) is 3.21. The number of carbonyl (C=O) groups is 1. The molecule has 1 fully saturated rings. The molecule has 1 heterocycles. The largest absolute Gasteiger partial charge is 0.379 e.